The Labute approximate surface area is 119 Å². The molecule has 5 heteroatoms. The van der Waals surface area contributed by atoms with E-state index in [0.717, 1.165) is 6.54 Å². The minimum atomic E-state index is 0.497. The lowest BCUT2D eigenvalue weighted by Crippen LogP contribution is -2.23. The molecule has 0 saturated carbocycles. The maximum Gasteiger partial charge on any atom is 0.0704 e. The number of aryl methyl sites for hydroxylation is 2. The fourth-order valence-corrected chi connectivity index (χ4v) is 4.36. The van der Waals surface area contributed by atoms with Gasteiger partial charge in [-0.3, -0.25) is 4.68 Å². The van der Waals surface area contributed by atoms with E-state index in [2.05, 4.69) is 38.6 Å². The van der Waals surface area contributed by atoms with Crippen molar-refractivity contribution < 1.29 is 0 Å². The van der Waals surface area contributed by atoms with Crippen LogP contribution in [0.3, 0.4) is 0 Å². The van der Waals surface area contributed by atoms with Gasteiger partial charge in [0.15, 0.2) is 0 Å². The lowest BCUT2D eigenvalue weighted by atomic mass is 9.94. The van der Waals surface area contributed by atoms with Gasteiger partial charge in [0.25, 0.3) is 0 Å². The van der Waals surface area contributed by atoms with Crippen molar-refractivity contribution in [1.82, 2.24) is 15.1 Å². The number of aromatic nitrogens is 2. The molecule has 1 atom stereocenters. The molecule has 3 rings (SSSR count). The highest BCUT2D eigenvalue weighted by Gasteiger charge is 2.22. The van der Waals surface area contributed by atoms with E-state index in [0.29, 0.717) is 6.04 Å². The SMILES string of the molecule is Cn1cc(CNC2CCCc3sc(Br)cc32)cn1. The Bertz CT molecular complexity index is 546. The highest BCUT2D eigenvalue weighted by Crippen LogP contribution is 2.37. The van der Waals surface area contributed by atoms with E-state index in [9.17, 15) is 0 Å². The van der Waals surface area contributed by atoms with E-state index < -0.39 is 0 Å². The normalized spacial score (nSPS) is 18.9. The largest absolute Gasteiger partial charge is 0.306 e. The Hall–Kier alpha value is -0.650. The van der Waals surface area contributed by atoms with Gasteiger partial charge in [-0.1, -0.05) is 0 Å². The summed E-state index contributed by atoms with van der Waals surface area (Å²) in [6, 6.07) is 2.77. The Morgan fingerprint density at radius 1 is 1.61 bits per heavy atom. The highest BCUT2D eigenvalue weighted by molar-refractivity contribution is 9.11. The topological polar surface area (TPSA) is 29.9 Å². The third-order valence-corrected chi connectivity index (χ3v) is 5.11. The van der Waals surface area contributed by atoms with Crippen LogP contribution in [0.2, 0.25) is 0 Å². The number of hydrogen-bond donors (Lipinski definition) is 1. The molecule has 0 bridgehead atoms. The number of hydrogen-bond acceptors (Lipinski definition) is 3. The van der Waals surface area contributed by atoms with Gasteiger partial charge in [-0.15, -0.1) is 11.3 Å². The lowest BCUT2D eigenvalue weighted by Gasteiger charge is -2.23. The fourth-order valence-electron chi connectivity index (χ4n) is 2.54. The van der Waals surface area contributed by atoms with Crippen LogP contribution in [0.4, 0.5) is 0 Å². The fraction of sp³-hybridized carbons (Fsp3) is 0.462. The van der Waals surface area contributed by atoms with E-state index in [1.54, 1.807) is 0 Å². The predicted molar refractivity (Wildman–Crippen MR) is 77.7 cm³/mol. The third-order valence-electron chi connectivity index (χ3n) is 3.39. The van der Waals surface area contributed by atoms with Crippen molar-refractivity contribution in [2.24, 2.45) is 7.05 Å². The van der Waals surface area contributed by atoms with Gasteiger partial charge in [-0.2, -0.15) is 5.10 Å². The molecule has 2 heterocycles. The number of fused-ring (bicyclic) bond motifs is 1. The Morgan fingerprint density at radius 2 is 2.50 bits per heavy atom. The van der Waals surface area contributed by atoms with Crippen molar-refractivity contribution in [2.45, 2.75) is 31.8 Å². The summed E-state index contributed by atoms with van der Waals surface area (Å²) in [6.07, 6.45) is 7.75. The number of rotatable bonds is 3. The van der Waals surface area contributed by atoms with Crippen molar-refractivity contribution >= 4 is 27.3 Å². The summed E-state index contributed by atoms with van der Waals surface area (Å²) in [5.41, 5.74) is 2.74. The molecule has 96 valence electrons. The van der Waals surface area contributed by atoms with Gasteiger partial charge in [-0.25, -0.2) is 0 Å². The Morgan fingerprint density at radius 3 is 3.28 bits per heavy atom. The molecule has 1 aliphatic rings. The standard InChI is InChI=1S/C13H16BrN3S/c1-17-8-9(7-16-17)6-15-11-3-2-4-12-10(11)5-13(14)18-12/h5,7-8,11,15H,2-4,6H2,1H3. The summed E-state index contributed by atoms with van der Waals surface area (Å²) >= 11 is 5.48. The first-order chi connectivity index (χ1) is 8.72. The quantitative estimate of drug-likeness (QED) is 0.937. The smallest absolute Gasteiger partial charge is 0.0704 e. The minimum absolute atomic E-state index is 0.497. The summed E-state index contributed by atoms with van der Waals surface area (Å²) < 4.78 is 3.10. The molecule has 0 amide bonds. The second-order valence-corrected chi connectivity index (χ2v) is 7.29. The maximum absolute atomic E-state index is 4.20. The molecule has 0 spiro atoms. The van der Waals surface area contributed by atoms with Crippen LogP contribution in [-0.4, -0.2) is 9.78 Å². The van der Waals surface area contributed by atoms with Crippen molar-refractivity contribution in [3.05, 3.63) is 38.3 Å². The molecular weight excluding hydrogens is 310 g/mol. The van der Waals surface area contributed by atoms with E-state index >= 15 is 0 Å². The van der Waals surface area contributed by atoms with Crippen LogP contribution in [0, 0.1) is 0 Å². The van der Waals surface area contributed by atoms with Gasteiger partial charge in [0, 0.05) is 36.3 Å². The predicted octanol–water partition coefficient (Wildman–Crippen LogP) is 3.41. The van der Waals surface area contributed by atoms with E-state index in [1.165, 1.54) is 39.1 Å². The number of nitrogens with one attached hydrogen (secondary N) is 1. The summed E-state index contributed by atoms with van der Waals surface area (Å²) in [6.45, 7) is 0.894. The van der Waals surface area contributed by atoms with Gasteiger partial charge >= 0.3 is 0 Å². The van der Waals surface area contributed by atoms with Crippen molar-refractivity contribution in [2.75, 3.05) is 0 Å². The van der Waals surface area contributed by atoms with Gasteiger partial charge in [0.05, 0.1) is 9.98 Å². The molecule has 0 aromatic carbocycles. The highest BCUT2D eigenvalue weighted by atomic mass is 79.9. The first-order valence-corrected chi connectivity index (χ1v) is 7.82. The zero-order chi connectivity index (χ0) is 12.5. The molecule has 0 radical (unpaired) electrons. The Balaban J connectivity index is 1.70. The first kappa shape index (κ1) is 12.4. The second-order valence-electron chi connectivity index (χ2n) is 4.78. The van der Waals surface area contributed by atoms with Gasteiger partial charge in [0.2, 0.25) is 0 Å². The molecule has 0 saturated heterocycles. The Kier molecular flexibility index (Phi) is 3.54. The molecule has 0 aliphatic heterocycles. The van der Waals surface area contributed by atoms with Crippen LogP contribution in [0.15, 0.2) is 22.2 Å². The third kappa shape index (κ3) is 2.53. The summed E-state index contributed by atoms with van der Waals surface area (Å²) in [7, 11) is 1.96. The van der Waals surface area contributed by atoms with Gasteiger partial charge in [0.1, 0.15) is 0 Å². The number of nitrogens with zero attached hydrogens (tertiary/aromatic N) is 2. The number of thiophene rings is 1. The minimum Gasteiger partial charge on any atom is -0.306 e. The molecule has 0 fully saturated rings. The average Bonchev–Trinajstić information content (AvgIpc) is 2.91. The molecule has 1 N–H and O–H groups in total. The van der Waals surface area contributed by atoms with Crippen LogP contribution in [0.25, 0.3) is 0 Å². The van der Waals surface area contributed by atoms with Crippen molar-refractivity contribution in [1.29, 1.82) is 0 Å². The van der Waals surface area contributed by atoms with Crippen LogP contribution < -0.4 is 5.32 Å². The molecule has 18 heavy (non-hydrogen) atoms. The monoisotopic (exact) mass is 325 g/mol. The molecule has 1 unspecified atom stereocenters. The van der Waals surface area contributed by atoms with Gasteiger partial charge < -0.3 is 5.32 Å². The van der Waals surface area contributed by atoms with Crippen LogP contribution in [-0.2, 0) is 20.0 Å². The molecule has 1 aliphatic carbocycles. The molecule has 3 nitrogen and oxygen atoms in total. The van der Waals surface area contributed by atoms with E-state index in [-0.39, 0.29) is 0 Å². The second kappa shape index (κ2) is 5.15. The molecule has 2 aromatic heterocycles. The van der Waals surface area contributed by atoms with Crippen LogP contribution in [0.1, 0.15) is 34.9 Å². The lowest BCUT2D eigenvalue weighted by molar-refractivity contribution is 0.463. The average molecular weight is 326 g/mol. The van der Waals surface area contributed by atoms with E-state index in [4.69, 9.17) is 0 Å². The maximum atomic E-state index is 4.20. The van der Waals surface area contributed by atoms with Crippen LogP contribution >= 0.6 is 27.3 Å². The number of halogens is 1. The zero-order valence-electron chi connectivity index (χ0n) is 10.3. The van der Waals surface area contributed by atoms with Crippen molar-refractivity contribution in [3.63, 3.8) is 0 Å². The van der Waals surface area contributed by atoms with Gasteiger partial charge in [-0.05, 0) is 46.8 Å². The zero-order valence-corrected chi connectivity index (χ0v) is 12.7. The summed E-state index contributed by atoms with van der Waals surface area (Å²) in [4.78, 5) is 1.54. The van der Waals surface area contributed by atoms with Crippen LogP contribution in [0.5, 0.6) is 0 Å². The van der Waals surface area contributed by atoms with Crippen molar-refractivity contribution in [3.8, 4) is 0 Å². The van der Waals surface area contributed by atoms with E-state index in [1.807, 2.05) is 29.3 Å². The summed E-state index contributed by atoms with van der Waals surface area (Å²) in [5, 5.41) is 7.85. The first-order valence-electron chi connectivity index (χ1n) is 6.21. The molecular formula is C13H16BrN3S. The molecule has 2 aromatic rings. The summed E-state index contributed by atoms with van der Waals surface area (Å²) in [5.74, 6) is 0.